The number of carbonyl (C=O) groups is 1. The Kier molecular flexibility index (Phi) is 3.26. The predicted molar refractivity (Wildman–Crippen MR) is 68.7 cm³/mol. The van der Waals surface area contributed by atoms with Crippen LogP contribution >= 0.6 is 0 Å². The molecule has 0 radical (unpaired) electrons. The quantitative estimate of drug-likeness (QED) is 0.777. The van der Waals surface area contributed by atoms with Crippen LogP contribution in [0.1, 0.15) is 10.4 Å². The zero-order chi connectivity index (χ0) is 14.0. The third kappa shape index (κ3) is 2.91. The second-order valence-electron chi connectivity index (χ2n) is 3.91. The van der Waals surface area contributed by atoms with Crippen molar-refractivity contribution in [3.05, 3.63) is 42.2 Å². The van der Waals surface area contributed by atoms with E-state index in [0.717, 1.165) is 0 Å². The van der Waals surface area contributed by atoms with Crippen molar-refractivity contribution >= 4 is 21.6 Å². The highest BCUT2D eigenvalue weighted by molar-refractivity contribution is 7.90. The van der Waals surface area contributed by atoms with E-state index in [1.165, 1.54) is 41.3 Å². The van der Waals surface area contributed by atoms with Crippen molar-refractivity contribution in [3.8, 4) is 0 Å². The highest BCUT2D eigenvalue weighted by Gasteiger charge is 2.19. The Hall–Kier alpha value is -2.35. The highest BCUT2D eigenvalue weighted by Crippen LogP contribution is 2.12. The van der Waals surface area contributed by atoms with Crippen molar-refractivity contribution in [1.29, 1.82) is 0 Å². The van der Waals surface area contributed by atoms with Gasteiger partial charge in [0.15, 0.2) is 0 Å². The summed E-state index contributed by atoms with van der Waals surface area (Å²) >= 11 is 0. The Balaban J connectivity index is 2.22. The van der Waals surface area contributed by atoms with E-state index in [1.807, 2.05) is 4.72 Å². The maximum absolute atomic E-state index is 11.9. The van der Waals surface area contributed by atoms with Crippen LogP contribution in [0.5, 0.6) is 0 Å². The molecule has 0 saturated carbocycles. The molecule has 0 bridgehead atoms. The van der Waals surface area contributed by atoms with Crippen LogP contribution in [0.25, 0.3) is 0 Å². The third-order valence-corrected chi connectivity index (χ3v) is 3.73. The Morgan fingerprint density at radius 1 is 1.32 bits per heavy atom. The number of sulfonamides is 1. The zero-order valence-electron chi connectivity index (χ0n) is 10.1. The van der Waals surface area contributed by atoms with Crippen molar-refractivity contribution in [2.75, 3.05) is 5.73 Å². The number of nitrogens with one attached hydrogen (secondary N) is 1. The Morgan fingerprint density at radius 2 is 1.95 bits per heavy atom. The molecule has 0 unspecified atom stereocenters. The Bertz CT molecular complexity index is 704. The standard InChI is InChI=1S/C11H12N4O3S/c1-15-7-8(6-13-15)11(16)14-19(17,18)10-4-2-9(12)3-5-10/h2-7H,12H2,1H3,(H,14,16). The van der Waals surface area contributed by atoms with Gasteiger partial charge in [-0.2, -0.15) is 5.10 Å². The minimum absolute atomic E-state index is 0.0288. The summed E-state index contributed by atoms with van der Waals surface area (Å²) in [5, 5.41) is 3.80. The molecule has 19 heavy (non-hydrogen) atoms. The summed E-state index contributed by atoms with van der Waals surface area (Å²) in [4.78, 5) is 11.7. The topological polar surface area (TPSA) is 107 Å². The maximum atomic E-state index is 11.9. The lowest BCUT2D eigenvalue weighted by atomic mass is 10.3. The molecule has 1 aromatic heterocycles. The van der Waals surface area contributed by atoms with Gasteiger partial charge in [-0.3, -0.25) is 9.48 Å². The molecule has 2 rings (SSSR count). The third-order valence-electron chi connectivity index (χ3n) is 2.38. The fraction of sp³-hybridized carbons (Fsp3) is 0.0909. The molecule has 2 aromatic rings. The van der Waals surface area contributed by atoms with Gasteiger partial charge in [0.25, 0.3) is 15.9 Å². The highest BCUT2D eigenvalue weighted by atomic mass is 32.2. The van der Waals surface area contributed by atoms with Gasteiger partial charge in [0, 0.05) is 18.9 Å². The van der Waals surface area contributed by atoms with E-state index < -0.39 is 15.9 Å². The van der Waals surface area contributed by atoms with E-state index in [9.17, 15) is 13.2 Å². The van der Waals surface area contributed by atoms with Crippen LogP contribution in [0.3, 0.4) is 0 Å². The van der Waals surface area contributed by atoms with E-state index in [0.29, 0.717) is 5.69 Å². The van der Waals surface area contributed by atoms with Crippen molar-refractivity contribution in [3.63, 3.8) is 0 Å². The van der Waals surface area contributed by atoms with E-state index >= 15 is 0 Å². The number of rotatable bonds is 3. The number of aryl methyl sites for hydroxylation is 1. The minimum atomic E-state index is -3.91. The van der Waals surface area contributed by atoms with Crippen LogP contribution in [0.2, 0.25) is 0 Å². The second kappa shape index (κ2) is 4.73. The average Bonchev–Trinajstić information content (AvgIpc) is 2.76. The van der Waals surface area contributed by atoms with Gasteiger partial charge in [0.05, 0.1) is 16.7 Å². The SMILES string of the molecule is Cn1cc(C(=O)NS(=O)(=O)c2ccc(N)cc2)cn1. The van der Waals surface area contributed by atoms with Crippen LogP contribution in [0, 0.1) is 0 Å². The predicted octanol–water partition coefficient (Wildman–Crippen LogP) is 0.121. The smallest absolute Gasteiger partial charge is 0.268 e. The van der Waals surface area contributed by atoms with Crippen molar-refractivity contribution < 1.29 is 13.2 Å². The van der Waals surface area contributed by atoms with Gasteiger partial charge in [-0.15, -0.1) is 0 Å². The first-order chi connectivity index (χ1) is 8.88. The number of anilines is 1. The molecule has 0 spiro atoms. The number of nitrogens with two attached hydrogens (primary N) is 1. The van der Waals surface area contributed by atoms with Gasteiger partial charge in [-0.1, -0.05) is 0 Å². The minimum Gasteiger partial charge on any atom is -0.399 e. The van der Waals surface area contributed by atoms with Crippen LogP contribution in [0.4, 0.5) is 5.69 Å². The Labute approximate surface area is 110 Å². The number of nitrogen functional groups attached to an aromatic ring is 1. The lowest BCUT2D eigenvalue weighted by Crippen LogP contribution is -2.30. The molecule has 1 amide bonds. The van der Waals surface area contributed by atoms with E-state index in [4.69, 9.17) is 5.73 Å². The molecule has 0 atom stereocenters. The first-order valence-corrected chi connectivity index (χ1v) is 6.78. The molecule has 7 nitrogen and oxygen atoms in total. The maximum Gasteiger partial charge on any atom is 0.268 e. The average molecular weight is 280 g/mol. The molecule has 0 aliphatic rings. The summed E-state index contributed by atoms with van der Waals surface area (Å²) < 4.78 is 27.2. The molecular formula is C11H12N4O3S. The summed E-state index contributed by atoms with van der Waals surface area (Å²) in [5.74, 6) is -0.732. The fourth-order valence-corrected chi connectivity index (χ4v) is 2.40. The molecule has 0 aliphatic carbocycles. The first-order valence-electron chi connectivity index (χ1n) is 5.30. The van der Waals surface area contributed by atoms with Gasteiger partial charge in [0.2, 0.25) is 0 Å². The molecule has 0 aliphatic heterocycles. The van der Waals surface area contributed by atoms with Gasteiger partial charge in [-0.25, -0.2) is 13.1 Å². The van der Waals surface area contributed by atoms with Crippen molar-refractivity contribution in [1.82, 2.24) is 14.5 Å². The second-order valence-corrected chi connectivity index (χ2v) is 5.59. The molecule has 1 heterocycles. The van der Waals surface area contributed by atoms with E-state index in [-0.39, 0.29) is 10.5 Å². The zero-order valence-corrected chi connectivity index (χ0v) is 10.9. The van der Waals surface area contributed by atoms with E-state index in [1.54, 1.807) is 7.05 Å². The van der Waals surface area contributed by atoms with Crippen LogP contribution in [0.15, 0.2) is 41.6 Å². The van der Waals surface area contributed by atoms with Crippen LogP contribution in [-0.2, 0) is 17.1 Å². The molecule has 100 valence electrons. The number of aromatic nitrogens is 2. The summed E-state index contributed by atoms with van der Waals surface area (Å²) in [6, 6.07) is 5.55. The normalized spacial score (nSPS) is 11.2. The summed E-state index contributed by atoms with van der Waals surface area (Å²) in [6.07, 6.45) is 2.71. The number of amides is 1. The molecule has 8 heteroatoms. The number of benzene rings is 1. The number of carbonyl (C=O) groups excluding carboxylic acids is 1. The van der Waals surface area contributed by atoms with Gasteiger partial charge < -0.3 is 5.73 Å². The summed E-state index contributed by atoms with van der Waals surface area (Å²) in [6.45, 7) is 0. The van der Waals surface area contributed by atoms with Crippen molar-refractivity contribution in [2.24, 2.45) is 7.05 Å². The van der Waals surface area contributed by atoms with Gasteiger partial charge in [0.1, 0.15) is 0 Å². The molecule has 1 aromatic carbocycles. The summed E-state index contributed by atoms with van der Waals surface area (Å²) in [5.41, 5.74) is 6.08. The van der Waals surface area contributed by atoms with Gasteiger partial charge >= 0.3 is 0 Å². The lowest BCUT2D eigenvalue weighted by molar-refractivity contribution is 0.0981. The van der Waals surface area contributed by atoms with Crippen LogP contribution in [-0.4, -0.2) is 24.1 Å². The molecule has 0 fully saturated rings. The fourth-order valence-electron chi connectivity index (χ4n) is 1.43. The Morgan fingerprint density at radius 3 is 2.47 bits per heavy atom. The number of hydrogen-bond donors (Lipinski definition) is 2. The van der Waals surface area contributed by atoms with Crippen molar-refractivity contribution in [2.45, 2.75) is 4.90 Å². The lowest BCUT2D eigenvalue weighted by Gasteiger charge is -2.05. The molecule has 0 saturated heterocycles. The van der Waals surface area contributed by atoms with E-state index in [2.05, 4.69) is 5.10 Å². The monoisotopic (exact) mass is 280 g/mol. The molecular weight excluding hydrogens is 268 g/mol. The number of hydrogen-bond acceptors (Lipinski definition) is 5. The van der Waals surface area contributed by atoms with Gasteiger partial charge in [-0.05, 0) is 24.3 Å². The first kappa shape index (κ1) is 13.1. The molecule has 3 N–H and O–H groups in total. The van der Waals surface area contributed by atoms with Crippen LogP contribution < -0.4 is 10.5 Å². The largest absolute Gasteiger partial charge is 0.399 e. The number of nitrogens with zero attached hydrogens (tertiary/aromatic N) is 2. The summed E-state index contributed by atoms with van der Waals surface area (Å²) in [7, 11) is -2.28.